The number of carbonyl (C=O) groups is 3. The lowest BCUT2D eigenvalue weighted by atomic mass is 9.91. The minimum Gasteiger partial charge on any atom is -0.319 e. The molecule has 1 aliphatic heterocycles. The molecule has 2 aromatic rings. The highest BCUT2D eigenvalue weighted by Gasteiger charge is 2.49. The molecule has 5 nitrogen and oxygen atoms in total. The number of halogens is 1. The van der Waals surface area contributed by atoms with Crippen LogP contribution in [-0.4, -0.2) is 29.2 Å². The smallest absolute Gasteiger partial charge is 0.319 e. The summed E-state index contributed by atoms with van der Waals surface area (Å²) < 4.78 is 0. The highest BCUT2D eigenvalue weighted by atomic mass is 35.5. The number of hydrogen-bond donors (Lipinski definition) is 1. The van der Waals surface area contributed by atoms with Crippen LogP contribution < -0.4 is 5.32 Å². The Kier molecular flexibility index (Phi) is 4.35. The van der Waals surface area contributed by atoms with Gasteiger partial charge in [-0.25, -0.2) is 4.79 Å². The summed E-state index contributed by atoms with van der Waals surface area (Å²) in [5.41, 5.74) is 0.818. The number of benzene rings is 2. The number of hydrogen-bond acceptors (Lipinski definition) is 3. The van der Waals surface area contributed by atoms with E-state index in [2.05, 4.69) is 5.32 Å². The lowest BCUT2D eigenvalue weighted by Gasteiger charge is -2.22. The topological polar surface area (TPSA) is 66.5 Å². The van der Waals surface area contributed by atoms with Gasteiger partial charge < -0.3 is 5.32 Å². The van der Waals surface area contributed by atoms with Crippen molar-refractivity contribution in [2.45, 2.75) is 19.4 Å². The molecule has 1 N–H and O–H groups in total. The van der Waals surface area contributed by atoms with E-state index in [1.165, 1.54) is 0 Å². The van der Waals surface area contributed by atoms with Crippen molar-refractivity contribution < 1.29 is 14.4 Å². The van der Waals surface area contributed by atoms with Gasteiger partial charge in [0.15, 0.2) is 5.78 Å². The Morgan fingerprint density at radius 3 is 2.40 bits per heavy atom. The molecule has 1 atom stereocenters. The summed E-state index contributed by atoms with van der Waals surface area (Å²) in [6.07, 6.45) is 0. The zero-order valence-corrected chi connectivity index (χ0v) is 14.6. The van der Waals surface area contributed by atoms with Crippen LogP contribution in [0.1, 0.15) is 28.4 Å². The van der Waals surface area contributed by atoms with Crippen LogP contribution in [0.5, 0.6) is 0 Å². The van der Waals surface area contributed by atoms with Crippen LogP contribution in [0.15, 0.2) is 48.5 Å². The van der Waals surface area contributed by atoms with Gasteiger partial charge in [-0.1, -0.05) is 53.6 Å². The average Bonchev–Trinajstić information content (AvgIpc) is 2.80. The molecule has 6 heteroatoms. The number of amides is 3. The molecule has 2 aromatic carbocycles. The summed E-state index contributed by atoms with van der Waals surface area (Å²) in [4.78, 5) is 38.5. The van der Waals surface area contributed by atoms with Crippen molar-refractivity contribution in [1.29, 1.82) is 0 Å². The van der Waals surface area contributed by atoms with Crippen molar-refractivity contribution in [2.75, 3.05) is 6.54 Å². The van der Waals surface area contributed by atoms with Crippen molar-refractivity contribution in [3.63, 3.8) is 0 Å². The van der Waals surface area contributed by atoms with Gasteiger partial charge in [-0.05, 0) is 31.5 Å². The summed E-state index contributed by atoms with van der Waals surface area (Å²) in [6.45, 7) is 3.23. The summed E-state index contributed by atoms with van der Waals surface area (Å²) in [7, 11) is 0. The quantitative estimate of drug-likeness (QED) is 0.675. The molecule has 0 spiro atoms. The standard InChI is InChI=1S/C19H17ClN2O3/c1-12-7-9-13(10-8-12)19(2)17(24)22(18(25)21-19)11-16(23)14-5-3-4-6-15(14)20/h3-10H,11H2,1-2H3,(H,21,25)/t19-/m1/s1. The molecule has 0 bridgehead atoms. The fourth-order valence-electron chi connectivity index (χ4n) is 2.84. The van der Waals surface area contributed by atoms with Crippen molar-refractivity contribution in [2.24, 2.45) is 0 Å². The number of urea groups is 1. The van der Waals surface area contributed by atoms with Gasteiger partial charge in [-0.2, -0.15) is 0 Å². The van der Waals surface area contributed by atoms with E-state index in [4.69, 9.17) is 11.6 Å². The zero-order valence-electron chi connectivity index (χ0n) is 13.9. The van der Waals surface area contributed by atoms with Crippen molar-refractivity contribution in [3.05, 3.63) is 70.2 Å². The van der Waals surface area contributed by atoms with Gasteiger partial charge in [0, 0.05) is 5.56 Å². The Balaban J connectivity index is 1.85. The van der Waals surface area contributed by atoms with Gasteiger partial charge in [0.25, 0.3) is 5.91 Å². The second-order valence-corrected chi connectivity index (χ2v) is 6.62. The second kappa shape index (κ2) is 6.33. The van der Waals surface area contributed by atoms with E-state index in [-0.39, 0.29) is 17.9 Å². The first-order valence-electron chi connectivity index (χ1n) is 7.82. The summed E-state index contributed by atoms with van der Waals surface area (Å²) in [6, 6.07) is 13.3. The van der Waals surface area contributed by atoms with Crippen LogP contribution in [0.25, 0.3) is 0 Å². The molecule has 0 unspecified atom stereocenters. The number of nitrogens with one attached hydrogen (secondary N) is 1. The minimum atomic E-state index is -1.19. The first-order chi connectivity index (χ1) is 11.8. The van der Waals surface area contributed by atoms with Crippen LogP contribution >= 0.6 is 11.6 Å². The maximum atomic E-state index is 12.8. The number of carbonyl (C=O) groups excluding carboxylic acids is 3. The largest absolute Gasteiger partial charge is 0.325 e. The third kappa shape index (κ3) is 3.03. The Hall–Kier alpha value is -2.66. The SMILES string of the molecule is Cc1ccc([C@@]2(C)NC(=O)N(CC(=O)c3ccccc3Cl)C2=O)cc1. The average molecular weight is 357 g/mol. The molecule has 0 saturated carbocycles. The van der Waals surface area contributed by atoms with E-state index >= 15 is 0 Å². The molecule has 1 saturated heterocycles. The van der Waals surface area contributed by atoms with E-state index in [1.54, 1.807) is 43.3 Å². The maximum Gasteiger partial charge on any atom is 0.325 e. The van der Waals surface area contributed by atoms with Crippen molar-refractivity contribution in [3.8, 4) is 0 Å². The molecule has 3 amide bonds. The minimum absolute atomic E-state index is 0.286. The van der Waals surface area contributed by atoms with Crippen LogP contribution in [0, 0.1) is 6.92 Å². The highest BCUT2D eigenvalue weighted by molar-refractivity contribution is 6.34. The maximum absolute atomic E-state index is 12.8. The monoisotopic (exact) mass is 356 g/mol. The normalized spacial score (nSPS) is 19.9. The zero-order chi connectivity index (χ0) is 18.2. The molecule has 1 aliphatic rings. The van der Waals surface area contributed by atoms with Gasteiger partial charge >= 0.3 is 6.03 Å². The van der Waals surface area contributed by atoms with Gasteiger partial charge in [0.05, 0.1) is 11.6 Å². The molecular weight excluding hydrogens is 340 g/mol. The Morgan fingerprint density at radius 2 is 1.76 bits per heavy atom. The third-order valence-corrected chi connectivity index (χ3v) is 4.71. The Morgan fingerprint density at radius 1 is 1.12 bits per heavy atom. The molecule has 0 aromatic heterocycles. The molecule has 25 heavy (non-hydrogen) atoms. The van der Waals surface area contributed by atoms with E-state index in [0.717, 1.165) is 10.5 Å². The van der Waals surface area contributed by atoms with Gasteiger partial charge in [0.1, 0.15) is 5.54 Å². The van der Waals surface area contributed by atoms with Gasteiger partial charge in [0.2, 0.25) is 0 Å². The number of Topliss-reactive ketones (excluding diaryl/α,β-unsaturated/α-hetero) is 1. The van der Waals surface area contributed by atoms with Crippen LogP contribution in [0.2, 0.25) is 5.02 Å². The van der Waals surface area contributed by atoms with Crippen LogP contribution in [-0.2, 0) is 10.3 Å². The highest BCUT2D eigenvalue weighted by Crippen LogP contribution is 2.29. The van der Waals surface area contributed by atoms with E-state index < -0.39 is 17.5 Å². The Labute approximate surface area is 150 Å². The number of imide groups is 1. The lowest BCUT2D eigenvalue weighted by Crippen LogP contribution is -2.41. The van der Waals surface area contributed by atoms with Crippen LogP contribution in [0.4, 0.5) is 4.79 Å². The molecule has 0 aliphatic carbocycles. The fraction of sp³-hybridized carbons (Fsp3) is 0.211. The van der Waals surface area contributed by atoms with Gasteiger partial charge in [-0.3, -0.25) is 14.5 Å². The van der Waals surface area contributed by atoms with Crippen molar-refractivity contribution >= 4 is 29.3 Å². The second-order valence-electron chi connectivity index (χ2n) is 6.22. The molecule has 3 rings (SSSR count). The van der Waals surface area contributed by atoms with E-state index in [1.807, 2.05) is 19.1 Å². The number of ketones is 1. The Bertz CT molecular complexity index is 863. The molecule has 1 heterocycles. The number of nitrogens with zero attached hydrogens (tertiary/aromatic N) is 1. The first-order valence-corrected chi connectivity index (χ1v) is 8.20. The lowest BCUT2D eigenvalue weighted by molar-refractivity contribution is -0.130. The predicted octanol–water partition coefficient (Wildman–Crippen LogP) is 3.30. The molecule has 0 radical (unpaired) electrons. The van der Waals surface area contributed by atoms with E-state index in [0.29, 0.717) is 10.6 Å². The fourth-order valence-corrected chi connectivity index (χ4v) is 3.08. The third-order valence-electron chi connectivity index (χ3n) is 4.38. The first kappa shape index (κ1) is 17.2. The summed E-state index contributed by atoms with van der Waals surface area (Å²) >= 11 is 6.02. The number of aryl methyl sites for hydroxylation is 1. The van der Waals surface area contributed by atoms with Crippen LogP contribution in [0.3, 0.4) is 0 Å². The summed E-state index contributed by atoms with van der Waals surface area (Å²) in [5, 5.41) is 2.98. The number of rotatable bonds is 4. The molecule has 128 valence electrons. The van der Waals surface area contributed by atoms with Crippen molar-refractivity contribution in [1.82, 2.24) is 10.2 Å². The van der Waals surface area contributed by atoms with E-state index in [9.17, 15) is 14.4 Å². The summed E-state index contributed by atoms with van der Waals surface area (Å²) in [5.74, 6) is -0.844. The molecule has 1 fully saturated rings. The predicted molar refractivity (Wildman–Crippen MR) is 94.6 cm³/mol. The van der Waals surface area contributed by atoms with Gasteiger partial charge in [-0.15, -0.1) is 0 Å². The molecular formula is C19H17ClN2O3.